The molecule has 0 aliphatic carbocycles. The quantitative estimate of drug-likeness (QED) is 0.245. The predicted molar refractivity (Wildman–Crippen MR) is 126 cm³/mol. The van der Waals surface area contributed by atoms with Crippen LogP contribution in [0.3, 0.4) is 0 Å². The summed E-state index contributed by atoms with van der Waals surface area (Å²) in [5, 5.41) is 12.1. The average molecular weight is 417 g/mol. The van der Waals surface area contributed by atoms with E-state index in [1.807, 2.05) is 72.8 Å². The van der Waals surface area contributed by atoms with E-state index in [9.17, 15) is 10.1 Å². The summed E-state index contributed by atoms with van der Waals surface area (Å²) in [5.74, 6) is 0.755. The molecule has 0 atom stereocenters. The Labute approximate surface area is 183 Å². The van der Waals surface area contributed by atoms with Crippen molar-refractivity contribution in [1.29, 1.82) is 0 Å². The molecule has 31 heavy (non-hydrogen) atoms. The van der Waals surface area contributed by atoms with E-state index >= 15 is 0 Å². The van der Waals surface area contributed by atoms with Crippen LogP contribution in [0.4, 0.5) is 0 Å². The molecule has 5 heteroatoms. The molecule has 0 saturated carbocycles. The molecule has 3 aromatic carbocycles. The minimum absolute atomic E-state index is 0.0852. The van der Waals surface area contributed by atoms with Crippen LogP contribution >= 0.6 is 0 Å². The van der Waals surface area contributed by atoms with Crippen molar-refractivity contribution in [3.8, 4) is 5.75 Å². The highest BCUT2D eigenvalue weighted by molar-refractivity contribution is 5.95. The van der Waals surface area contributed by atoms with Crippen LogP contribution in [0.15, 0.2) is 84.9 Å². The van der Waals surface area contributed by atoms with Crippen molar-refractivity contribution in [1.82, 2.24) is 4.90 Å². The van der Waals surface area contributed by atoms with E-state index in [0.717, 1.165) is 36.5 Å². The predicted octanol–water partition coefficient (Wildman–Crippen LogP) is 5.60. The molecule has 0 heterocycles. The number of benzene rings is 3. The van der Waals surface area contributed by atoms with E-state index in [4.69, 9.17) is 4.74 Å². The lowest BCUT2D eigenvalue weighted by molar-refractivity contribution is -0.374. The Morgan fingerprint density at radius 2 is 1.32 bits per heavy atom. The summed E-state index contributed by atoms with van der Waals surface area (Å²) in [4.78, 5) is 14.1. The Hall–Kier alpha value is -3.44. The van der Waals surface area contributed by atoms with E-state index in [0.29, 0.717) is 17.7 Å². The van der Waals surface area contributed by atoms with Gasteiger partial charge in [0.05, 0.1) is 16.1 Å². The average Bonchev–Trinajstić information content (AvgIpc) is 2.81. The van der Waals surface area contributed by atoms with E-state index in [1.54, 1.807) is 12.1 Å². The minimum atomic E-state index is -0.299. The summed E-state index contributed by atoms with van der Waals surface area (Å²) in [5.41, 5.74) is 2.82. The van der Waals surface area contributed by atoms with Crippen LogP contribution in [-0.2, 0) is 0 Å². The fraction of sp³-hybridized carbons (Fsp3) is 0.231. The number of hydrogen-bond acceptors (Lipinski definition) is 4. The molecule has 160 valence electrons. The minimum Gasteiger partial charge on any atom is -0.492 e. The normalized spacial score (nSPS) is 11.8. The van der Waals surface area contributed by atoms with Crippen molar-refractivity contribution in [2.75, 3.05) is 26.2 Å². The van der Waals surface area contributed by atoms with E-state index < -0.39 is 0 Å². The van der Waals surface area contributed by atoms with Crippen molar-refractivity contribution in [3.05, 3.63) is 112 Å². The Bertz CT molecular complexity index is 996. The topological polar surface area (TPSA) is 55.6 Å². The van der Waals surface area contributed by atoms with Gasteiger partial charge in [-0.05, 0) is 48.5 Å². The van der Waals surface area contributed by atoms with Crippen molar-refractivity contribution in [2.45, 2.75) is 13.8 Å². The molecule has 0 amide bonds. The van der Waals surface area contributed by atoms with E-state index in [1.165, 1.54) is 0 Å². The van der Waals surface area contributed by atoms with Gasteiger partial charge in [-0.15, -0.1) is 0 Å². The number of hydrogen-bond donors (Lipinski definition) is 0. The van der Waals surface area contributed by atoms with Crippen LogP contribution < -0.4 is 4.74 Å². The van der Waals surface area contributed by atoms with E-state index in [2.05, 4.69) is 18.7 Å². The highest BCUT2D eigenvalue weighted by atomic mass is 16.6. The first-order chi connectivity index (χ1) is 15.1. The van der Waals surface area contributed by atoms with Gasteiger partial charge in [0.15, 0.2) is 0 Å². The van der Waals surface area contributed by atoms with Gasteiger partial charge in [0, 0.05) is 6.54 Å². The molecule has 0 spiro atoms. The third-order valence-electron chi connectivity index (χ3n) is 5.24. The summed E-state index contributed by atoms with van der Waals surface area (Å²) in [6.07, 6.45) is 0. The third kappa shape index (κ3) is 5.80. The van der Waals surface area contributed by atoms with Gasteiger partial charge in [-0.2, -0.15) is 0 Å². The van der Waals surface area contributed by atoms with Gasteiger partial charge in [-0.3, -0.25) is 10.1 Å². The third-order valence-corrected chi connectivity index (χ3v) is 5.24. The zero-order valence-corrected chi connectivity index (χ0v) is 18.0. The van der Waals surface area contributed by atoms with Crippen LogP contribution in [0.5, 0.6) is 5.75 Å². The van der Waals surface area contributed by atoms with Crippen LogP contribution in [0.2, 0.25) is 0 Å². The lowest BCUT2D eigenvalue weighted by Gasteiger charge is -2.18. The largest absolute Gasteiger partial charge is 0.492 e. The fourth-order valence-corrected chi connectivity index (χ4v) is 3.53. The van der Waals surface area contributed by atoms with Crippen molar-refractivity contribution in [2.24, 2.45) is 0 Å². The standard InChI is InChI=1S/C26H28N2O3/c1-3-27(4-2)19-20-31-24-17-15-22(16-18-24)25(21-11-7-5-8-12-21)26(28(29)30)23-13-9-6-10-14-23/h5-18H,3-4,19-20H2,1-2H3/b26-25-. The zero-order valence-electron chi connectivity index (χ0n) is 18.0. The number of nitrogens with zero attached hydrogens (tertiary/aromatic N) is 2. The Balaban J connectivity index is 1.97. The molecule has 0 aromatic heterocycles. The molecule has 0 bridgehead atoms. The Morgan fingerprint density at radius 3 is 1.84 bits per heavy atom. The van der Waals surface area contributed by atoms with Gasteiger partial charge in [0.1, 0.15) is 12.4 Å². The highest BCUT2D eigenvalue weighted by Gasteiger charge is 2.23. The number of ether oxygens (including phenoxy) is 1. The van der Waals surface area contributed by atoms with Crippen LogP contribution in [-0.4, -0.2) is 36.1 Å². The second-order valence-electron chi connectivity index (χ2n) is 7.11. The lowest BCUT2D eigenvalue weighted by Crippen LogP contribution is -2.27. The molecule has 0 fully saturated rings. The lowest BCUT2D eigenvalue weighted by atomic mass is 9.93. The summed E-state index contributed by atoms with van der Waals surface area (Å²) in [7, 11) is 0. The van der Waals surface area contributed by atoms with Gasteiger partial charge < -0.3 is 9.64 Å². The molecular formula is C26H28N2O3. The maximum absolute atomic E-state index is 12.1. The molecule has 3 aromatic rings. The summed E-state index contributed by atoms with van der Waals surface area (Å²) in [6, 6.07) is 26.0. The Kier molecular flexibility index (Phi) is 7.96. The monoisotopic (exact) mass is 416 g/mol. The molecule has 0 saturated heterocycles. The molecule has 3 rings (SSSR count). The van der Waals surface area contributed by atoms with Crippen molar-refractivity contribution in [3.63, 3.8) is 0 Å². The summed E-state index contributed by atoms with van der Waals surface area (Å²) < 4.78 is 5.88. The molecule has 0 aliphatic rings. The second kappa shape index (κ2) is 11.1. The van der Waals surface area contributed by atoms with Gasteiger partial charge >= 0.3 is 0 Å². The fourth-order valence-electron chi connectivity index (χ4n) is 3.53. The molecule has 0 N–H and O–H groups in total. The van der Waals surface area contributed by atoms with Crippen molar-refractivity contribution >= 4 is 11.3 Å². The summed E-state index contributed by atoms with van der Waals surface area (Å²) in [6.45, 7) is 7.72. The molecule has 0 radical (unpaired) electrons. The van der Waals surface area contributed by atoms with Crippen molar-refractivity contribution < 1.29 is 9.66 Å². The maximum atomic E-state index is 12.1. The number of rotatable bonds is 10. The van der Waals surface area contributed by atoms with E-state index in [-0.39, 0.29) is 10.6 Å². The van der Waals surface area contributed by atoms with Gasteiger partial charge in [0.25, 0.3) is 5.70 Å². The Morgan fingerprint density at radius 1 is 0.806 bits per heavy atom. The first-order valence-corrected chi connectivity index (χ1v) is 10.6. The molecular weight excluding hydrogens is 388 g/mol. The van der Waals surface area contributed by atoms with Gasteiger partial charge in [0.2, 0.25) is 0 Å². The highest BCUT2D eigenvalue weighted by Crippen LogP contribution is 2.33. The first-order valence-electron chi connectivity index (χ1n) is 10.6. The summed E-state index contributed by atoms with van der Waals surface area (Å²) >= 11 is 0. The zero-order chi connectivity index (χ0) is 22.1. The molecule has 5 nitrogen and oxygen atoms in total. The number of nitro groups is 1. The van der Waals surface area contributed by atoms with Gasteiger partial charge in [-0.25, -0.2) is 0 Å². The second-order valence-corrected chi connectivity index (χ2v) is 7.11. The van der Waals surface area contributed by atoms with Crippen LogP contribution in [0.25, 0.3) is 11.3 Å². The first kappa shape index (κ1) is 22.2. The smallest absolute Gasteiger partial charge is 0.284 e. The maximum Gasteiger partial charge on any atom is 0.284 e. The van der Waals surface area contributed by atoms with Gasteiger partial charge in [-0.1, -0.05) is 74.5 Å². The number of likely N-dealkylation sites (N-methyl/N-ethyl adjacent to an activating group) is 1. The SMILES string of the molecule is CCN(CC)CCOc1ccc(/C(=C(/c2ccccc2)[N+](=O)[O-])c2ccccc2)cc1. The molecule has 0 aliphatic heterocycles. The molecule has 0 unspecified atom stereocenters. The van der Waals surface area contributed by atoms with Crippen LogP contribution in [0.1, 0.15) is 30.5 Å². The van der Waals surface area contributed by atoms with Crippen LogP contribution in [0, 0.1) is 10.1 Å².